The fourth-order valence-electron chi connectivity index (χ4n) is 6.52. The minimum atomic E-state index is -3.76. The van der Waals surface area contributed by atoms with Crippen molar-refractivity contribution in [3.8, 4) is 0 Å². The van der Waals surface area contributed by atoms with E-state index in [0.717, 1.165) is 91.4 Å². The van der Waals surface area contributed by atoms with Gasteiger partial charge in [-0.3, -0.25) is 13.6 Å². The van der Waals surface area contributed by atoms with Crippen molar-refractivity contribution in [3.63, 3.8) is 0 Å². The molecular formula is C36H54N15O4P. The minimum absolute atomic E-state index is 0.270. The molecule has 0 saturated carbocycles. The summed E-state index contributed by atoms with van der Waals surface area (Å²) < 4.78 is 36.6. The lowest BCUT2D eigenvalue weighted by molar-refractivity contribution is 0.108. The van der Waals surface area contributed by atoms with E-state index in [1.165, 1.54) is 0 Å². The number of hydrogen-bond donors (Lipinski definition) is 3. The zero-order valence-electron chi connectivity index (χ0n) is 33.3. The molecule has 6 rings (SSSR count). The maximum absolute atomic E-state index is 13.8. The van der Waals surface area contributed by atoms with E-state index in [-0.39, 0.29) is 19.8 Å². The van der Waals surface area contributed by atoms with Gasteiger partial charge in [0.25, 0.3) is 0 Å². The number of nitrogens with one attached hydrogen (secondary N) is 3. The molecule has 0 bridgehead atoms. The van der Waals surface area contributed by atoms with Crippen LogP contribution in [0, 0.1) is 20.8 Å². The quantitative estimate of drug-likeness (QED) is 0.0492. The lowest BCUT2D eigenvalue weighted by Gasteiger charge is -2.18. The van der Waals surface area contributed by atoms with Crippen molar-refractivity contribution < 1.29 is 18.1 Å². The molecule has 20 heteroatoms. The van der Waals surface area contributed by atoms with E-state index >= 15 is 0 Å². The van der Waals surface area contributed by atoms with E-state index in [0.29, 0.717) is 54.6 Å². The van der Waals surface area contributed by atoms with Crippen LogP contribution in [0.25, 0.3) is 16.9 Å². The van der Waals surface area contributed by atoms with Gasteiger partial charge >= 0.3 is 7.82 Å². The summed E-state index contributed by atoms with van der Waals surface area (Å²) in [6.07, 6.45) is 15.4. The molecule has 0 spiro atoms. The topological polar surface area (TPSA) is 210 Å². The van der Waals surface area contributed by atoms with E-state index in [1.54, 1.807) is 13.5 Å². The Labute approximate surface area is 326 Å². The molecule has 0 aliphatic heterocycles. The number of phosphoric ester groups is 1. The van der Waals surface area contributed by atoms with Crippen molar-refractivity contribution in [1.82, 2.24) is 58.7 Å². The Bertz CT molecular complexity index is 2010. The number of anilines is 3. The van der Waals surface area contributed by atoms with E-state index < -0.39 is 7.82 Å². The first kappa shape index (κ1) is 40.8. The SMILES string of the molecule is CNc1nc(C)nc2c(CCCCCOP(=O)(OCCCCCc3cnn4c(NC)nc(C)nc34)OCCCCCc3cnn4c(NC)nc(C)nc34)cnn12. The van der Waals surface area contributed by atoms with Gasteiger partial charge in [-0.2, -0.15) is 43.8 Å². The first-order valence-electron chi connectivity index (χ1n) is 19.4. The zero-order valence-corrected chi connectivity index (χ0v) is 34.2. The zero-order chi connectivity index (χ0) is 39.5. The predicted octanol–water partition coefficient (Wildman–Crippen LogP) is 5.75. The van der Waals surface area contributed by atoms with Crippen molar-refractivity contribution in [2.45, 2.75) is 97.8 Å². The number of unbranched alkanes of at least 4 members (excludes halogenated alkanes) is 6. The van der Waals surface area contributed by atoms with Crippen LogP contribution in [-0.4, -0.2) is 99.7 Å². The van der Waals surface area contributed by atoms with Crippen LogP contribution in [0.3, 0.4) is 0 Å². The van der Waals surface area contributed by atoms with Gasteiger partial charge in [-0.15, -0.1) is 0 Å². The number of aryl methyl sites for hydroxylation is 6. The van der Waals surface area contributed by atoms with E-state index in [1.807, 2.05) is 60.5 Å². The maximum Gasteiger partial charge on any atom is 0.474 e. The summed E-state index contributed by atoms with van der Waals surface area (Å²) in [5, 5.41) is 22.6. The predicted molar refractivity (Wildman–Crippen MR) is 213 cm³/mol. The summed E-state index contributed by atoms with van der Waals surface area (Å²) in [6.45, 7) is 6.43. The van der Waals surface area contributed by atoms with Gasteiger partial charge in [-0.1, -0.05) is 19.3 Å². The number of nitrogens with zero attached hydrogens (tertiary/aromatic N) is 12. The molecule has 0 aliphatic carbocycles. The molecule has 0 aromatic carbocycles. The Hall–Kier alpha value is -4.84. The molecule has 0 amide bonds. The number of fused-ring (bicyclic) bond motifs is 3. The van der Waals surface area contributed by atoms with Gasteiger partial charge in [0.1, 0.15) is 17.5 Å². The van der Waals surface area contributed by atoms with Gasteiger partial charge in [-0.25, -0.2) is 19.5 Å². The second-order valence-electron chi connectivity index (χ2n) is 13.6. The third kappa shape index (κ3) is 10.1. The molecule has 0 aliphatic rings. The van der Waals surface area contributed by atoms with Crippen molar-refractivity contribution in [2.75, 3.05) is 56.9 Å². The fourth-order valence-corrected chi connectivity index (χ4v) is 7.81. The van der Waals surface area contributed by atoms with Crippen LogP contribution in [0.15, 0.2) is 18.6 Å². The second kappa shape index (κ2) is 19.3. The summed E-state index contributed by atoms with van der Waals surface area (Å²) in [6, 6.07) is 0. The Kier molecular flexibility index (Phi) is 14.1. The summed E-state index contributed by atoms with van der Waals surface area (Å²) in [5.74, 6) is 4.03. The number of aromatic nitrogens is 12. The fraction of sp³-hybridized carbons (Fsp3) is 0.583. The highest BCUT2D eigenvalue weighted by atomic mass is 31.2. The van der Waals surface area contributed by atoms with E-state index in [2.05, 4.69) is 61.2 Å². The van der Waals surface area contributed by atoms with Crippen LogP contribution < -0.4 is 16.0 Å². The molecule has 302 valence electrons. The average molecular weight is 792 g/mol. The molecule has 6 heterocycles. The summed E-state index contributed by atoms with van der Waals surface area (Å²) in [7, 11) is 1.69. The van der Waals surface area contributed by atoms with Crippen LogP contribution in [-0.2, 0) is 37.4 Å². The molecule has 0 atom stereocenters. The van der Waals surface area contributed by atoms with Gasteiger partial charge in [-0.05, 0) is 78.6 Å². The van der Waals surface area contributed by atoms with Crippen LogP contribution in [0.5, 0.6) is 0 Å². The van der Waals surface area contributed by atoms with Crippen LogP contribution >= 0.6 is 7.82 Å². The summed E-state index contributed by atoms with van der Waals surface area (Å²) >= 11 is 0. The standard InChI is InChI=1S/C36H54N15O4P/c1-25-43-31-28(22-40-49(31)34(37-4)46-25)16-10-7-13-19-53-56(52,54-20-14-8-11-17-29-23-41-50-32(29)44-26(2)47-35(50)38-5)55-21-15-9-12-18-30-24-42-51-33(30)45-27(3)48-36(51)39-6/h22-24H,7-21H2,1-6H3,(H,37,43,46)(H,38,44,47)(H,39,45,48). The van der Waals surface area contributed by atoms with Crippen molar-refractivity contribution >= 4 is 42.6 Å². The molecule has 19 nitrogen and oxygen atoms in total. The minimum Gasteiger partial charge on any atom is -0.357 e. The number of rotatable bonds is 24. The van der Waals surface area contributed by atoms with Gasteiger partial charge in [0.05, 0.1) is 38.4 Å². The molecule has 6 aromatic rings. The first-order valence-corrected chi connectivity index (χ1v) is 20.9. The maximum atomic E-state index is 13.8. The Balaban J connectivity index is 0.959. The third-order valence-corrected chi connectivity index (χ3v) is 10.8. The van der Waals surface area contributed by atoms with Crippen molar-refractivity contribution in [3.05, 3.63) is 52.8 Å². The number of phosphoric acid groups is 1. The normalized spacial score (nSPS) is 12.0. The molecular weight excluding hydrogens is 737 g/mol. The lowest BCUT2D eigenvalue weighted by atomic mass is 10.1. The highest BCUT2D eigenvalue weighted by Crippen LogP contribution is 2.50. The Morgan fingerprint density at radius 2 is 0.786 bits per heavy atom. The molecule has 6 aromatic heterocycles. The van der Waals surface area contributed by atoms with Gasteiger partial charge in [0, 0.05) is 37.8 Å². The van der Waals surface area contributed by atoms with Crippen molar-refractivity contribution in [2.24, 2.45) is 0 Å². The van der Waals surface area contributed by atoms with Crippen molar-refractivity contribution in [1.29, 1.82) is 0 Å². The van der Waals surface area contributed by atoms with Gasteiger partial charge in [0.2, 0.25) is 17.8 Å². The number of hydrogen-bond acceptors (Lipinski definition) is 16. The smallest absolute Gasteiger partial charge is 0.357 e. The molecule has 56 heavy (non-hydrogen) atoms. The first-order chi connectivity index (χ1) is 27.2. The van der Waals surface area contributed by atoms with Gasteiger partial charge < -0.3 is 16.0 Å². The highest BCUT2D eigenvalue weighted by molar-refractivity contribution is 7.48. The van der Waals surface area contributed by atoms with Crippen LogP contribution in [0.4, 0.5) is 17.8 Å². The highest BCUT2D eigenvalue weighted by Gasteiger charge is 2.26. The summed E-state index contributed by atoms with van der Waals surface area (Å²) in [5.41, 5.74) is 5.60. The second-order valence-corrected chi connectivity index (χ2v) is 15.3. The molecule has 0 radical (unpaired) electrons. The average Bonchev–Trinajstić information content (AvgIpc) is 3.92. The van der Waals surface area contributed by atoms with Crippen LogP contribution in [0.2, 0.25) is 0 Å². The monoisotopic (exact) mass is 791 g/mol. The lowest BCUT2D eigenvalue weighted by Crippen LogP contribution is -2.06. The molecule has 0 fully saturated rings. The Morgan fingerprint density at radius 3 is 1.07 bits per heavy atom. The molecule has 0 unspecified atom stereocenters. The van der Waals surface area contributed by atoms with E-state index in [4.69, 9.17) is 13.6 Å². The largest absolute Gasteiger partial charge is 0.474 e. The summed E-state index contributed by atoms with van der Waals surface area (Å²) in [4.78, 5) is 27.0. The van der Waals surface area contributed by atoms with Crippen LogP contribution in [0.1, 0.15) is 92.0 Å². The van der Waals surface area contributed by atoms with Gasteiger partial charge in [0.15, 0.2) is 16.9 Å². The Morgan fingerprint density at radius 1 is 0.482 bits per heavy atom. The molecule has 3 N–H and O–H groups in total. The van der Waals surface area contributed by atoms with E-state index in [9.17, 15) is 4.57 Å². The molecule has 0 saturated heterocycles. The third-order valence-electron chi connectivity index (χ3n) is 9.35.